The summed E-state index contributed by atoms with van der Waals surface area (Å²) >= 11 is 1.13. The van der Waals surface area contributed by atoms with E-state index >= 15 is 0 Å². The largest absolute Gasteiger partial charge is 0.365 e. The van der Waals surface area contributed by atoms with Crippen molar-refractivity contribution in [3.8, 4) is 6.07 Å². The lowest BCUT2D eigenvalue weighted by atomic mass is 10.1. The van der Waals surface area contributed by atoms with Crippen molar-refractivity contribution >= 4 is 29.3 Å². The minimum absolute atomic E-state index is 0.233. The smallest absolute Gasteiger partial charge is 0.262 e. The number of hydrogen-bond acceptors (Lipinski definition) is 4. The van der Waals surface area contributed by atoms with E-state index in [0.29, 0.717) is 12.1 Å². The van der Waals surface area contributed by atoms with Crippen molar-refractivity contribution in [2.24, 2.45) is 5.73 Å². The van der Waals surface area contributed by atoms with E-state index in [1.165, 1.54) is 17.0 Å². The molecule has 27 heavy (non-hydrogen) atoms. The summed E-state index contributed by atoms with van der Waals surface area (Å²) < 4.78 is 13.1. The van der Waals surface area contributed by atoms with E-state index in [4.69, 9.17) is 5.73 Å². The monoisotopic (exact) mass is 381 g/mol. The first-order chi connectivity index (χ1) is 12.9. The fraction of sp³-hybridized carbons (Fsp3) is 0.150. The molecule has 2 aromatic rings. The number of carbonyl (C=O) groups is 2. The Morgan fingerprint density at radius 3 is 2.52 bits per heavy atom. The summed E-state index contributed by atoms with van der Waals surface area (Å²) in [6.07, 6.45) is 0.340. The van der Waals surface area contributed by atoms with Gasteiger partial charge in [0, 0.05) is 0 Å². The van der Waals surface area contributed by atoms with Crippen LogP contribution in [0, 0.1) is 24.1 Å². The average Bonchev–Trinajstić information content (AvgIpc) is 2.94. The number of thioether (sulfide) groups is 1. The normalized spacial score (nSPS) is 18.3. The molecule has 1 aliphatic heterocycles. The van der Waals surface area contributed by atoms with E-state index in [1.807, 2.05) is 25.1 Å². The third-order valence-corrected chi connectivity index (χ3v) is 5.48. The molecule has 2 aromatic carbocycles. The topological polar surface area (TPSA) is 87.2 Å². The van der Waals surface area contributed by atoms with Crippen molar-refractivity contribution in [3.63, 3.8) is 0 Å². The molecule has 0 bridgehead atoms. The highest BCUT2D eigenvalue weighted by Crippen LogP contribution is 2.42. The first-order valence-corrected chi connectivity index (χ1v) is 9.05. The Morgan fingerprint density at radius 2 is 1.93 bits per heavy atom. The van der Waals surface area contributed by atoms with Crippen LogP contribution in [0.1, 0.15) is 11.1 Å². The van der Waals surface area contributed by atoms with Gasteiger partial charge in [0.15, 0.2) is 0 Å². The summed E-state index contributed by atoms with van der Waals surface area (Å²) in [5, 5.41) is 9.07. The predicted molar refractivity (Wildman–Crippen MR) is 102 cm³/mol. The number of carbonyl (C=O) groups excluding carboxylic acids is 2. The average molecular weight is 381 g/mol. The maximum atomic E-state index is 13.1. The Morgan fingerprint density at radius 1 is 1.26 bits per heavy atom. The Balaban J connectivity index is 2.05. The van der Waals surface area contributed by atoms with Crippen molar-refractivity contribution in [1.82, 2.24) is 0 Å². The summed E-state index contributed by atoms with van der Waals surface area (Å²) in [4.78, 5) is 26.2. The lowest BCUT2D eigenvalue weighted by molar-refractivity contribution is -0.117. The second-order valence-electron chi connectivity index (χ2n) is 6.05. The molecule has 5 nitrogen and oxygen atoms in total. The summed E-state index contributed by atoms with van der Waals surface area (Å²) in [5.74, 6) is -1.48. The number of aryl methyl sites for hydroxylation is 1. The molecule has 1 saturated heterocycles. The Bertz CT molecular complexity index is 979. The van der Waals surface area contributed by atoms with Crippen molar-refractivity contribution in [2.45, 2.75) is 18.6 Å². The molecule has 1 aliphatic rings. The molecule has 3 rings (SSSR count). The molecule has 1 fully saturated rings. The number of rotatable bonds is 4. The van der Waals surface area contributed by atoms with Crippen LogP contribution in [-0.2, 0) is 16.0 Å². The summed E-state index contributed by atoms with van der Waals surface area (Å²) in [7, 11) is 0. The molecule has 7 heteroatoms. The van der Waals surface area contributed by atoms with Crippen LogP contribution in [0.2, 0.25) is 0 Å². The highest BCUT2D eigenvalue weighted by Gasteiger charge is 2.40. The van der Waals surface area contributed by atoms with Gasteiger partial charge in [0.1, 0.15) is 22.5 Å². The highest BCUT2D eigenvalue weighted by atomic mass is 32.2. The lowest BCUT2D eigenvalue weighted by Crippen LogP contribution is -2.31. The predicted octanol–water partition coefficient (Wildman–Crippen LogP) is 3.05. The van der Waals surface area contributed by atoms with Gasteiger partial charge in [-0.25, -0.2) is 4.39 Å². The minimum Gasteiger partial charge on any atom is -0.365 e. The van der Waals surface area contributed by atoms with Crippen molar-refractivity contribution in [1.29, 1.82) is 5.26 Å². The van der Waals surface area contributed by atoms with Crippen LogP contribution in [-0.4, -0.2) is 17.1 Å². The second-order valence-corrected chi connectivity index (χ2v) is 7.24. The van der Waals surface area contributed by atoms with Crippen LogP contribution in [0.4, 0.5) is 10.1 Å². The summed E-state index contributed by atoms with van der Waals surface area (Å²) in [5.41, 5.74) is 7.31. The number of nitrogens with two attached hydrogens (primary N) is 1. The molecule has 1 atom stereocenters. The third-order valence-electron chi connectivity index (χ3n) is 4.22. The van der Waals surface area contributed by atoms with Crippen molar-refractivity contribution in [3.05, 3.63) is 76.1 Å². The minimum atomic E-state index is -0.881. The quantitative estimate of drug-likeness (QED) is 0.651. The zero-order chi connectivity index (χ0) is 19.6. The van der Waals surface area contributed by atoms with Crippen LogP contribution < -0.4 is 10.6 Å². The van der Waals surface area contributed by atoms with Gasteiger partial charge >= 0.3 is 0 Å². The number of anilines is 1. The van der Waals surface area contributed by atoms with Gasteiger partial charge in [0.2, 0.25) is 5.91 Å². The molecule has 1 heterocycles. The van der Waals surface area contributed by atoms with Gasteiger partial charge in [-0.2, -0.15) is 5.26 Å². The first-order valence-electron chi connectivity index (χ1n) is 8.17. The number of primary amides is 1. The Hall–Kier alpha value is -3.11. The molecule has 136 valence electrons. The van der Waals surface area contributed by atoms with Gasteiger partial charge in [-0.15, -0.1) is 0 Å². The highest BCUT2D eigenvalue weighted by molar-refractivity contribution is 8.05. The first kappa shape index (κ1) is 18.7. The maximum absolute atomic E-state index is 13.1. The van der Waals surface area contributed by atoms with Gasteiger partial charge in [0.05, 0.1) is 10.9 Å². The number of benzene rings is 2. The van der Waals surface area contributed by atoms with Crippen molar-refractivity contribution in [2.75, 3.05) is 4.90 Å². The van der Waals surface area contributed by atoms with E-state index < -0.39 is 11.2 Å². The Labute approximate surface area is 160 Å². The molecule has 2 N–H and O–H groups in total. The van der Waals surface area contributed by atoms with Crippen LogP contribution in [0.5, 0.6) is 0 Å². The molecule has 2 amide bonds. The standard InChI is InChI=1S/C20H16FN3O2S/c1-12-4-2-3-5-16(12)24-19(26)17(10-13-6-8-14(21)9-7-13)27-20(24)15(11-22)18(23)25/h2-9,17H,10H2,1H3,(H2,23,25)/b20-15+/t17-/m0/s1. The summed E-state index contributed by atoms with van der Waals surface area (Å²) in [6, 6.07) is 14.9. The molecule has 0 aromatic heterocycles. The molecule has 0 saturated carbocycles. The number of para-hydroxylation sites is 1. The number of nitrogens with zero attached hydrogens (tertiary/aromatic N) is 2. The number of amides is 2. The molecular formula is C20H16FN3O2S. The molecule has 0 radical (unpaired) electrons. The third kappa shape index (κ3) is 3.71. The number of hydrogen-bond donors (Lipinski definition) is 1. The lowest BCUT2D eigenvalue weighted by Gasteiger charge is -2.20. The van der Waals surface area contributed by atoms with Gasteiger partial charge < -0.3 is 5.73 Å². The van der Waals surface area contributed by atoms with E-state index in [-0.39, 0.29) is 22.3 Å². The zero-order valence-corrected chi connectivity index (χ0v) is 15.3. The van der Waals surface area contributed by atoms with Gasteiger partial charge in [0.25, 0.3) is 5.91 Å². The van der Waals surface area contributed by atoms with Crippen molar-refractivity contribution < 1.29 is 14.0 Å². The number of halogens is 1. The van der Waals surface area contributed by atoms with Gasteiger partial charge in [-0.3, -0.25) is 14.5 Å². The fourth-order valence-corrected chi connectivity index (χ4v) is 4.18. The fourth-order valence-electron chi connectivity index (χ4n) is 2.87. The van der Waals surface area contributed by atoms with E-state index in [2.05, 4.69) is 0 Å². The van der Waals surface area contributed by atoms with E-state index in [0.717, 1.165) is 22.9 Å². The molecule has 0 unspecified atom stereocenters. The number of nitriles is 1. The van der Waals surface area contributed by atoms with Crippen LogP contribution in [0.3, 0.4) is 0 Å². The molecular weight excluding hydrogens is 365 g/mol. The van der Waals surface area contributed by atoms with Crippen LogP contribution >= 0.6 is 11.8 Å². The second kappa shape index (κ2) is 7.64. The van der Waals surface area contributed by atoms with Crippen LogP contribution in [0.25, 0.3) is 0 Å². The van der Waals surface area contributed by atoms with E-state index in [9.17, 15) is 19.2 Å². The van der Waals surface area contributed by atoms with E-state index in [1.54, 1.807) is 24.3 Å². The molecule has 0 spiro atoms. The van der Waals surface area contributed by atoms with Crippen LogP contribution in [0.15, 0.2) is 59.1 Å². The zero-order valence-electron chi connectivity index (χ0n) is 14.5. The Kier molecular flexibility index (Phi) is 5.28. The van der Waals surface area contributed by atoms with Gasteiger partial charge in [-0.05, 0) is 42.7 Å². The maximum Gasteiger partial charge on any atom is 0.262 e. The van der Waals surface area contributed by atoms with Gasteiger partial charge in [-0.1, -0.05) is 42.1 Å². The molecule has 0 aliphatic carbocycles. The summed E-state index contributed by atoms with van der Waals surface area (Å²) in [6.45, 7) is 1.84. The SMILES string of the molecule is Cc1ccccc1N1C(=O)[C@H](Cc2ccc(F)cc2)S/C1=C(\C#N)C(N)=O.